The number of hydrogen-bond donors (Lipinski definition) is 3. The summed E-state index contributed by atoms with van der Waals surface area (Å²) in [6.07, 6.45) is 12.0. The molecule has 0 saturated heterocycles. The van der Waals surface area contributed by atoms with Gasteiger partial charge in [0.05, 0.1) is 18.8 Å². The van der Waals surface area contributed by atoms with Crippen molar-refractivity contribution in [1.29, 1.82) is 0 Å². The number of aryl methyl sites for hydroxylation is 2. The molecule has 1 aromatic heterocycles. The van der Waals surface area contributed by atoms with Gasteiger partial charge in [0.1, 0.15) is 5.71 Å². The van der Waals surface area contributed by atoms with E-state index in [1.165, 1.54) is 8.96 Å². The Bertz CT molecular complexity index is 887. The number of nitrogens with two attached hydrogens (primary N) is 1. The van der Waals surface area contributed by atoms with Crippen LogP contribution in [-0.4, -0.2) is 50.6 Å². The Morgan fingerprint density at radius 3 is 2.72 bits per heavy atom. The maximum absolute atomic E-state index is 15.3. The van der Waals surface area contributed by atoms with E-state index in [-0.39, 0.29) is 6.61 Å². The topological polar surface area (TPSA) is 74.4 Å². The summed E-state index contributed by atoms with van der Waals surface area (Å²) >= 11 is 0. The lowest BCUT2D eigenvalue weighted by atomic mass is 9.90. The van der Waals surface area contributed by atoms with Crippen LogP contribution >= 0.6 is 0 Å². The Morgan fingerprint density at radius 1 is 1.24 bits per heavy atom. The second-order valence-corrected chi connectivity index (χ2v) is 7.94. The van der Waals surface area contributed by atoms with E-state index in [0.717, 1.165) is 31.2 Å². The van der Waals surface area contributed by atoms with Crippen molar-refractivity contribution in [2.45, 2.75) is 58.1 Å². The van der Waals surface area contributed by atoms with Gasteiger partial charge < -0.3 is 33.5 Å². The van der Waals surface area contributed by atoms with Gasteiger partial charge in [-0.3, -0.25) is 0 Å². The smallest absolute Gasteiger partial charge is 0.395 e. The first kappa shape index (κ1) is 21.7. The number of unbranched alkanes of at least 4 members (excludes halogenated alkanes) is 3. The molecule has 1 aromatic rings. The second kappa shape index (κ2) is 8.77. The number of fused-ring (bicyclic) bond motifs is 2. The molecule has 2 atom stereocenters. The van der Waals surface area contributed by atoms with Crippen LogP contribution in [0.1, 0.15) is 49.1 Å². The van der Waals surface area contributed by atoms with Crippen LogP contribution in [-0.2, 0) is 0 Å². The quantitative estimate of drug-likeness (QED) is 0.336. The number of allylic oxidation sites excluding steroid dienone is 3. The maximum atomic E-state index is 15.3. The number of aliphatic hydroxyl groups excluding tert-OH is 2. The monoisotopic (exact) mass is 405 g/mol. The predicted molar refractivity (Wildman–Crippen MR) is 113 cm³/mol. The van der Waals surface area contributed by atoms with E-state index in [0.29, 0.717) is 29.2 Å². The molecule has 5 nitrogen and oxygen atoms in total. The fraction of sp³-hybridized carbons (Fsp3) is 0.476. The molecule has 3 heterocycles. The summed E-state index contributed by atoms with van der Waals surface area (Å²) < 4.78 is 33.0. The maximum Gasteiger partial charge on any atom is 0.737 e. The Hall–Kier alpha value is -2.03. The molecule has 8 heteroatoms. The molecular weight excluding hydrogens is 375 g/mol. The van der Waals surface area contributed by atoms with E-state index in [4.69, 9.17) is 10.8 Å². The summed E-state index contributed by atoms with van der Waals surface area (Å²) in [6.45, 7) is -0.550. The third-order valence-corrected chi connectivity index (χ3v) is 5.70. The number of aliphatic hydroxyl groups is 2. The first-order chi connectivity index (χ1) is 13.8. The van der Waals surface area contributed by atoms with Crippen LogP contribution in [0, 0.1) is 13.8 Å². The van der Waals surface area contributed by atoms with Crippen LogP contribution < -0.4 is 5.73 Å². The van der Waals surface area contributed by atoms with Crippen LogP contribution in [0.5, 0.6) is 0 Å². The average Bonchev–Trinajstić information content (AvgIpc) is 3.21. The largest absolute Gasteiger partial charge is 0.737 e. The molecule has 4 N–H and O–H groups in total. The van der Waals surface area contributed by atoms with Crippen molar-refractivity contribution in [3.8, 4) is 0 Å². The lowest BCUT2D eigenvalue weighted by Gasteiger charge is -2.30. The molecule has 3 rings (SSSR count). The minimum absolute atomic E-state index is 0.264. The number of aromatic nitrogens is 1. The van der Waals surface area contributed by atoms with Crippen LogP contribution in [0.2, 0.25) is 0 Å². The summed E-state index contributed by atoms with van der Waals surface area (Å²) in [5.74, 6) is 0. The van der Waals surface area contributed by atoms with Crippen LogP contribution in [0.25, 0.3) is 6.08 Å². The summed E-state index contributed by atoms with van der Waals surface area (Å²) in [4.78, 5) is 0. The molecule has 29 heavy (non-hydrogen) atoms. The lowest BCUT2D eigenvalue weighted by Crippen LogP contribution is -2.50. The van der Waals surface area contributed by atoms with Gasteiger partial charge in [-0.1, -0.05) is 18.6 Å². The van der Waals surface area contributed by atoms with Crippen molar-refractivity contribution >= 4 is 18.8 Å². The number of nitrogens with zero attached hydrogens (tertiary/aromatic N) is 2. The van der Waals surface area contributed by atoms with Crippen molar-refractivity contribution in [3.05, 3.63) is 53.0 Å². The van der Waals surface area contributed by atoms with Gasteiger partial charge in [0.15, 0.2) is 5.70 Å². The van der Waals surface area contributed by atoms with Gasteiger partial charge in [-0.15, -0.1) is 0 Å². The molecule has 158 valence electrons. The molecule has 1 unspecified atom stereocenters. The standard InChI is InChI=1S/C21H30BF2N3O2/c1-15-12-16(2)26-20(15)13-18-11-10-17(27(18)22(26,23)24)8-6-4-3-5-7-9-21(29)19(25)14-28/h7,9-13,19,21,28-29H,3-6,8,14,25H2,1-2H3/b9-7+/t19?,21-/m1/s1. The highest BCUT2D eigenvalue weighted by Crippen LogP contribution is 2.34. The summed E-state index contributed by atoms with van der Waals surface area (Å²) in [5, 5.41) is 18.5. The van der Waals surface area contributed by atoms with Gasteiger partial charge in [-0.05, 0) is 50.4 Å². The van der Waals surface area contributed by atoms with Crippen molar-refractivity contribution in [3.63, 3.8) is 0 Å². The molecule has 0 aromatic carbocycles. The van der Waals surface area contributed by atoms with Crippen molar-refractivity contribution in [2.24, 2.45) is 5.73 Å². The van der Waals surface area contributed by atoms with Gasteiger partial charge in [-0.2, -0.15) is 0 Å². The number of rotatable bonds is 9. The summed E-state index contributed by atoms with van der Waals surface area (Å²) in [7, 11) is 0. The molecular formula is C21H30BF2N3O2. The van der Waals surface area contributed by atoms with Crippen molar-refractivity contribution in [1.82, 2.24) is 4.48 Å². The molecule has 0 spiro atoms. The van der Waals surface area contributed by atoms with Crippen LogP contribution in [0.4, 0.5) is 8.63 Å². The molecule has 0 bridgehead atoms. The SMILES string of the molecule is Cc1cc(C)n2c1C=C1C=CC(CCCCC/C=C/[C@@H](O)C(N)CO)=[N+]1[B-]2(F)F. The Balaban J connectivity index is 1.58. The third-order valence-electron chi connectivity index (χ3n) is 5.70. The zero-order chi connectivity index (χ0) is 21.2. The highest BCUT2D eigenvalue weighted by Gasteiger charge is 2.52. The molecule has 2 aliphatic rings. The van der Waals surface area contributed by atoms with E-state index in [1.807, 2.05) is 31.2 Å². The van der Waals surface area contributed by atoms with E-state index in [2.05, 4.69) is 0 Å². The summed E-state index contributed by atoms with van der Waals surface area (Å²) in [5.41, 5.74) is 8.81. The minimum Gasteiger partial charge on any atom is -0.395 e. The van der Waals surface area contributed by atoms with Gasteiger partial charge in [-0.25, -0.2) is 0 Å². The minimum atomic E-state index is -3.88. The molecule has 0 saturated carbocycles. The van der Waals surface area contributed by atoms with Gasteiger partial charge in [0, 0.05) is 30.3 Å². The average molecular weight is 405 g/mol. The Morgan fingerprint density at radius 2 is 2.00 bits per heavy atom. The van der Waals surface area contributed by atoms with Crippen LogP contribution in [0.15, 0.2) is 36.1 Å². The lowest BCUT2D eigenvalue weighted by molar-refractivity contribution is -0.362. The third kappa shape index (κ3) is 4.29. The normalized spacial score (nSPS) is 19.5. The van der Waals surface area contributed by atoms with E-state index < -0.39 is 19.1 Å². The molecule has 2 aliphatic heterocycles. The first-order valence-corrected chi connectivity index (χ1v) is 10.2. The van der Waals surface area contributed by atoms with E-state index in [1.54, 1.807) is 19.1 Å². The Kier molecular flexibility index (Phi) is 6.56. The van der Waals surface area contributed by atoms with Gasteiger partial charge >= 0.3 is 6.97 Å². The molecule has 0 fully saturated rings. The van der Waals surface area contributed by atoms with E-state index in [9.17, 15) is 5.11 Å². The zero-order valence-corrected chi connectivity index (χ0v) is 17.1. The highest BCUT2D eigenvalue weighted by molar-refractivity contribution is 6.58. The Labute approximate surface area is 170 Å². The molecule has 0 amide bonds. The second-order valence-electron chi connectivity index (χ2n) is 7.94. The fourth-order valence-electron chi connectivity index (χ4n) is 4.13. The van der Waals surface area contributed by atoms with Crippen molar-refractivity contribution < 1.29 is 23.3 Å². The predicted octanol–water partition coefficient (Wildman–Crippen LogP) is 2.89. The van der Waals surface area contributed by atoms with E-state index >= 15 is 8.63 Å². The first-order valence-electron chi connectivity index (χ1n) is 10.2. The molecule has 0 radical (unpaired) electrons. The number of hydrogen-bond acceptors (Lipinski definition) is 3. The van der Waals surface area contributed by atoms with Crippen molar-refractivity contribution in [2.75, 3.05) is 6.61 Å². The van der Waals surface area contributed by atoms with Gasteiger partial charge in [0.2, 0.25) is 0 Å². The fourth-order valence-corrected chi connectivity index (χ4v) is 4.13. The van der Waals surface area contributed by atoms with Crippen LogP contribution in [0.3, 0.4) is 0 Å². The van der Waals surface area contributed by atoms with Gasteiger partial charge in [0.25, 0.3) is 0 Å². The summed E-state index contributed by atoms with van der Waals surface area (Å²) in [6, 6.07) is 1.14. The highest BCUT2D eigenvalue weighted by atomic mass is 19.2. The number of halogens is 2. The molecule has 0 aliphatic carbocycles. The zero-order valence-electron chi connectivity index (χ0n) is 17.1.